The lowest BCUT2D eigenvalue weighted by Gasteiger charge is -2.30. The summed E-state index contributed by atoms with van der Waals surface area (Å²) in [7, 11) is 0. The Morgan fingerprint density at radius 2 is 0.930 bits per heavy atom. The van der Waals surface area contributed by atoms with Gasteiger partial charge in [0, 0.05) is 47.9 Å². The van der Waals surface area contributed by atoms with Crippen LogP contribution in [-0.2, 0) is 0 Å². The van der Waals surface area contributed by atoms with Gasteiger partial charge in [0.05, 0.1) is 5.69 Å². The number of para-hydroxylation sites is 1. The molecule has 11 rings (SSSR count). The van der Waals surface area contributed by atoms with Crippen LogP contribution in [0, 0.1) is 0 Å². The van der Waals surface area contributed by atoms with Crippen molar-refractivity contribution in [2.45, 2.75) is 0 Å². The standard InChI is InChI=1S/C54H35NOS/c1-3-14-37(15-4-1)42-18-7-8-21-47(42)54-43(38-16-5-2-6-17-38)22-13-23-49(54)55(41-31-32-46-45-20-10-12-25-52(45)57-53(46)35-41)40-29-26-36(27-30-40)39-28-33-51-48(34-39)44-19-9-11-24-50(44)56-51/h1-35H. The van der Waals surface area contributed by atoms with Gasteiger partial charge in [-0.25, -0.2) is 0 Å². The molecule has 2 aromatic heterocycles. The van der Waals surface area contributed by atoms with Crippen molar-refractivity contribution in [3.63, 3.8) is 0 Å². The molecule has 2 nitrogen and oxygen atoms in total. The highest BCUT2D eigenvalue weighted by Gasteiger charge is 2.23. The summed E-state index contributed by atoms with van der Waals surface area (Å²) in [5, 5.41) is 4.84. The Bertz CT molecular complexity index is 3230. The van der Waals surface area contributed by atoms with Gasteiger partial charge < -0.3 is 9.32 Å². The summed E-state index contributed by atoms with van der Waals surface area (Å²) in [5.41, 5.74) is 14.5. The van der Waals surface area contributed by atoms with E-state index >= 15 is 0 Å². The number of benzene rings is 9. The summed E-state index contributed by atoms with van der Waals surface area (Å²) in [6, 6.07) is 76.6. The van der Waals surface area contributed by atoms with E-state index < -0.39 is 0 Å². The second kappa shape index (κ2) is 13.8. The van der Waals surface area contributed by atoms with Gasteiger partial charge in [-0.1, -0.05) is 158 Å². The Hall–Kier alpha value is -7.20. The number of thiophene rings is 1. The van der Waals surface area contributed by atoms with Gasteiger partial charge >= 0.3 is 0 Å². The molecule has 0 spiro atoms. The van der Waals surface area contributed by atoms with E-state index in [2.05, 4.69) is 205 Å². The predicted molar refractivity (Wildman–Crippen MR) is 243 cm³/mol. The first-order valence-electron chi connectivity index (χ1n) is 19.3. The second-order valence-electron chi connectivity index (χ2n) is 14.4. The van der Waals surface area contributed by atoms with Gasteiger partial charge in [0.25, 0.3) is 0 Å². The van der Waals surface area contributed by atoms with Gasteiger partial charge in [0.15, 0.2) is 0 Å². The quantitative estimate of drug-likeness (QED) is 0.162. The van der Waals surface area contributed by atoms with E-state index in [0.717, 1.165) is 50.1 Å². The molecule has 3 heteroatoms. The van der Waals surface area contributed by atoms with Crippen molar-refractivity contribution in [3.05, 3.63) is 212 Å². The van der Waals surface area contributed by atoms with Gasteiger partial charge in [-0.15, -0.1) is 11.3 Å². The second-order valence-corrected chi connectivity index (χ2v) is 15.5. The minimum Gasteiger partial charge on any atom is -0.456 e. The lowest BCUT2D eigenvalue weighted by molar-refractivity contribution is 0.669. The number of furan rings is 1. The van der Waals surface area contributed by atoms with E-state index in [-0.39, 0.29) is 0 Å². The van der Waals surface area contributed by atoms with Crippen LogP contribution in [0.4, 0.5) is 17.1 Å². The molecule has 0 N–H and O–H groups in total. The van der Waals surface area contributed by atoms with Gasteiger partial charge in [0.1, 0.15) is 11.2 Å². The molecule has 0 aliphatic carbocycles. The van der Waals surface area contributed by atoms with E-state index in [1.807, 2.05) is 23.5 Å². The molecule has 0 amide bonds. The molecule has 268 valence electrons. The molecule has 0 bridgehead atoms. The Labute approximate surface area is 335 Å². The average Bonchev–Trinajstić information content (AvgIpc) is 3.85. The molecular formula is C54H35NOS. The zero-order chi connectivity index (χ0) is 37.7. The highest BCUT2D eigenvalue weighted by atomic mass is 32.1. The molecule has 0 aliphatic rings. The number of hydrogen-bond donors (Lipinski definition) is 0. The van der Waals surface area contributed by atoms with Crippen molar-refractivity contribution < 1.29 is 4.42 Å². The molecule has 0 atom stereocenters. The summed E-state index contributed by atoms with van der Waals surface area (Å²) < 4.78 is 8.72. The lowest BCUT2D eigenvalue weighted by atomic mass is 9.87. The van der Waals surface area contributed by atoms with Crippen molar-refractivity contribution in [1.29, 1.82) is 0 Å². The van der Waals surface area contributed by atoms with Gasteiger partial charge in [-0.05, 0) is 93.5 Å². The Morgan fingerprint density at radius 1 is 0.333 bits per heavy atom. The van der Waals surface area contributed by atoms with Crippen LogP contribution in [0.3, 0.4) is 0 Å². The molecule has 0 unspecified atom stereocenters. The molecule has 0 aliphatic heterocycles. The van der Waals surface area contributed by atoms with E-state index in [1.165, 1.54) is 53.6 Å². The smallest absolute Gasteiger partial charge is 0.135 e. The molecule has 9 aromatic carbocycles. The molecule has 11 aromatic rings. The first-order chi connectivity index (χ1) is 28.3. The fourth-order valence-electron chi connectivity index (χ4n) is 8.43. The van der Waals surface area contributed by atoms with Crippen LogP contribution in [0.1, 0.15) is 0 Å². The van der Waals surface area contributed by atoms with Crippen molar-refractivity contribution >= 4 is 70.5 Å². The topological polar surface area (TPSA) is 16.4 Å². The minimum absolute atomic E-state index is 0.904. The highest BCUT2D eigenvalue weighted by molar-refractivity contribution is 7.25. The van der Waals surface area contributed by atoms with Gasteiger partial charge in [0.2, 0.25) is 0 Å². The van der Waals surface area contributed by atoms with Crippen LogP contribution < -0.4 is 4.90 Å². The van der Waals surface area contributed by atoms with E-state index in [1.54, 1.807) is 0 Å². The van der Waals surface area contributed by atoms with E-state index in [0.29, 0.717) is 0 Å². The van der Waals surface area contributed by atoms with Crippen LogP contribution in [0.15, 0.2) is 217 Å². The normalized spacial score (nSPS) is 11.5. The zero-order valence-corrected chi connectivity index (χ0v) is 31.8. The fraction of sp³-hybridized carbons (Fsp3) is 0. The zero-order valence-electron chi connectivity index (χ0n) is 31.0. The minimum atomic E-state index is 0.904. The third kappa shape index (κ3) is 5.80. The van der Waals surface area contributed by atoms with Gasteiger partial charge in [-0.2, -0.15) is 0 Å². The molecule has 0 saturated heterocycles. The maximum Gasteiger partial charge on any atom is 0.135 e. The molecule has 57 heavy (non-hydrogen) atoms. The third-order valence-corrected chi connectivity index (χ3v) is 12.2. The first-order valence-corrected chi connectivity index (χ1v) is 20.1. The number of nitrogens with zero attached hydrogens (tertiary/aromatic N) is 1. The average molecular weight is 746 g/mol. The molecule has 2 heterocycles. The molecule has 0 saturated carbocycles. The Morgan fingerprint density at radius 3 is 1.74 bits per heavy atom. The van der Waals surface area contributed by atoms with Crippen LogP contribution in [0.25, 0.3) is 86.6 Å². The number of fused-ring (bicyclic) bond motifs is 6. The summed E-state index contributed by atoms with van der Waals surface area (Å²) in [6.07, 6.45) is 0. The van der Waals surface area contributed by atoms with Crippen molar-refractivity contribution in [1.82, 2.24) is 0 Å². The van der Waals surface area contributed by atoms with Crippen molar-refractivity contribution in [2.24, 2.45) is 0 Å². The van der Waals surface area contributed by atoms with E-state index in [9.17, 15) is 0 Å². The lowest BCUT2D eigenvalue weighted by Crippen LogP contribution is -2.12. The highest BCUT2D eigenvalue weighted by Crippen LogP contribution is 2.49. The van der Waals surface area contributed by atoms with Crippen LogP contribution in [0.5, 0.6) is 0 Å². The number of anilines is 3. The SMILES string of the molecule is c1ccc(-c2ccccc2-c2c(-c3ccccc3)cccc2N(c2ccc(-c3ccc4oc5ccccc5c4c3)cc2)c2ccc3c(c2)sc2ccccc23)cc1. The fourth-order valence-corrected chi connectivity index (χ4v) is 9.57. The Kier molecular flexibility index (Phi) is 8.04. The Balaban J connectivity index is 1.14. The van der Waals surface area contributed by atoms with Crippen LogP contribution in [0.2, 0.25) is 0 Å². The maximum absolute atomic E-state index is 6.16. The summed E-state index contributed by atoms with van der Waals surface area (Å²) >= 11 is 1.85. The summed E-state index contributed by atoms with van der Waals surface area (Å²) in [6.45, 7) is 0. The third-order valence-electron chi connectivity index (χ3n) is 11.1. The number of hydrogen-bond acceptors (Lipinski definition) is 3. The molecule has 0 fully saturated rings. The van der Waals surface area contributed by atoms with Crippen LogP contribution >= 0.6 is 11.3 Å². The summed E-state index contributed by atoms with van der Waals surface area (Å²) in [5.74, 6) is 0. The van der Waals surface area contributed by atoms with Gasteiger partial charge in [-0.3, -0.25) is 0 Å². The number of rotatable bonds is 7. The molecular weight excluding hydrogens is 711 g/mol. The van der Waals surface area contributed by atoms with Crippen LogP contribution in [-0.4, -0.2) is 0 Å². The monoisotopic (exact) mass is 745 g/mol. The van der Waals surface area contributed by atoms with E-state index in [4.69, 9.17) is 4.42 Å². The summed E-state index contributed by atoms with van der Waals surface area (Å²) in [4.78, 5) is 2.45. The van der Waals surface area contributed by atoms with Crippen molar-refractivity contribution in [2.75, 3.05) is 4.90 Å². The molecule has 0 radical (unpaired) electrons. The van der Waals surface area contributed by atoms with Crippen molar-refractivity contribution in [3.8, 4) is 44.5 Å². The maximum atomic E-state index is 6.16. The predicted octanol–water partition coefficient (Wildman–Crippen LogP) is 16.1. The largest absolute Gasteiger partial charge is 0.456 e. The first kappa shape index (κ1) is 33.2.